The molecule has 3 aromatic carbocycles. The summed E-state index contributed by atoms with van der Waals surface area (Å²) in [6.07, 6.45) is 18.1. The average molecular weight is 589 g/mol. The van der Waals surface area contributed by atoms with Crippen LogP contribution in [0.3, 0.4) is 0 Å². The van der Waals surface area contributed by atoms with Gasteiger partial charge in [-0.15, -0.1) is 0 Å². The Balaban J connectivity index is 1.37. The van der Waals surface area contributed by atoms with Crippen molar-refractivity contribution in [3.8, 4) is 22.6 Å². The van der Waals surface area contributed by atoms with Crippen molar-refractivity contribution in [3.63, 3.8) is 0 Å². The Bertz CT molecular complexity index is 1120. The van der Waals surface area contributed by atoms with E-state index in [-0.39, 0.29) is 11.2 Å². The van der Waals surface area contributed by atoms with Gasteiger partial charge in [-0.2, -0.15) is 0 Å². The number of rotatable bonds is 21. The largest absolute Gasteiger partial charge is 0.494 e. The molecule has 3 nitrogen and oxygen atoms in total. The normalized spacial score (nSPS) is 11.8. The van der Waals surface area contributed by atoms with Gasteiger partial charge >= 0.3 is 0 Å². The van der Waals surface area contributed by atoms with E-state index in [1.165, 1.54) is 88.8 Å². The molecule has 0 N–H and O–H groups in total. The van der Waals surface area contributed by atoms with Crippen molar-refractivity contribution in [3.05, 3.63) is 78.4 Å². The smallest absolute Gasteiger partial charge is 0.224 e. The monoisotopic (exact) mass is 588 g/mol. The van der Waals surface area contributed by atoms with E-state index in [1.807, 2.05) is 36.4 Å². The number of carbonyl (C=O) groups is 1. The zero-order valence-electron chi connectivity index (χ0n) is 26.2. The highest BCUT2D eigenvalue weighted by Gasteiger charge is 2.10. The molecule has 0 saturated carbocycles. The molecule has 0 saturated heterocycles. The van der Waals surface area contributed by atoms with Gasteiger partial charge in [-0.25, -0.2) is 0 Å². The number of carbonyl (C=O) groups excluding carboxylic acids is 1. The molecule has 0 amide bonds. The third kappa shape index (κ3) is 13.1. The Morgan fingerprint density at radius 2 is 1.12 bits per heavy atom. The quantitative estimate of drug-likeness (QED) is 0.0916. The van der Waals surface area contributed by atoms with Crippen molar-refractivity contribution in [2.45, 2.75) is 122 Å². The van der Waals surface area contributed by atoms with Crippen molar-refractivity contribution >= 4 is 16.9 Å². The lowest BCUT2D eigenvalue weighted by Gasteiger charge is -2.14. The van der Waals surface area contributed by atoms with Gasteiger partial charge in [-0.3, -0.25) is 4.79 Å². The third-order valence-electron chi connectivity index (χ3n) is 7.66. The van der Waals surface area contributed by atoms with E-state index >= 15 is 0 Å². The summed E-state index contributed by atoms with van der Waals surface area (Å²) in [5.41, 5.74) is 2.95. The van der Waals surface area contributed by atoms with Crippen LogP contribution in [0, 0.1) is 0 Å². The summed E-state index contributed by atoms with van der Waals surface area (Å²) in [6.45, 7) is 7.39. The molecule has 1 atom stereocenters. The van der Waals surface area contributed by atoms with Crippen molar-refractivity contribution in [1.29, 1.82) is 0 Å². The van der Waals surface area contributed by atoms with Crippen LogP contribution in [-0.4, -0.2) is 17.8 Å². The molecule has 0 aliphatic heterocycles. The molecule has 0 aliphatic rings. The molecule has 0 aliphatic carbocycles. The van der Waals surface area contributed by atoms with E-state index in [0.29, 0.717) is 5.56 Å². The number of benzene rings is 3. The maximum Gasteiger partial charge on any atom is 0.224 e. The van der Waals surface area contributed by atoms with E-state index in [0.717, 1.165) is 47.0 Å². The first-order valence-corrected chi connectivity index (χ1v) is 17.2. The third-order valence-corrected chi connectivity index (χ3v) is 8.59. The minimum atomic E-state index is 0.0374. The van der Waals surface area contributed by atoms with Gasteiger partial charge in [0.25, 0.3) is 0 Å². The first kappa shape index (κ1) is 33.8. The summed E-state index contributed by atoms with van der Waals surface area (Å²) in [5.74, 6) is 1.75. The number of ether oxygens (including phenoxy) is 2. The molecule has 0 unspecified atom stereocenters. The fraction of sp³-hybridized carbons (Fsp3) is 0.500. The lowest BCUT2D eigenvalue weighted by molar-refractivity contribution is 0.108. The lowest BCUT2D eigenvalue weighted by Crippen LogP contribution is -2.11. The van der Waals surface area contributed by atoms with Crippen LogP contribution in [0.4, 0.5) is 0 Å². The Labute approximate surface area is 259 Å². The Kier molecular flexibility index (Phi) is 16.3. The van der Waals surface area contributed by atoms with Crippen LogP contribution < -0.4 is 9.47 Å². The Morgan fingerprint density at radius 3 is 1.71 bits per heavy atom. The molecule has 0 aromatic heterocycles. The van der Waals surface area contributed by atoms with Crippen molar-refractivity contribution in [2.24, 2.45) is 0 Å². The molecule has 4 heteroatoms. The summed E-state index contributed by atoms with van der Waals surface area (Å²) in [5, 5.41) is 0.0374. The predicted molar refractivity (Wildman–Crippen MR) is 180 cm³/mol. The van der Waals surface area contributed by atoms with Gasteiger partial charge in [0, 0.05) is 10.5 Å². The van der Waals surface area contributed by atoms with Gasteiger partial charge in [0.05, 0.1) is 12.7 Å². The summed E-state index contributed by atoms with van der Waals surface area (Å²) in [7, 11) is 0. The fourth-order valence-electron chi connectivity index (χ4n) is 5.05. The van der Waals surface area contributed by atoms with Gasteiger partial charge < -0.3 is 9.47 Å². The first-order chi connectivity index (χ1) is 20.6. The Hall–Kier alpha value is -2.72. The van der Waals surface area contributed by atoms with Crippen molar-refractivity contribution in [1.82, 2.24) is 0 Å². The number of thioether (sulfide) groups is 1. The van der Waals surface area contributed by atoms with E-state index in [1.54, 1.807) is 0 Å². The highest BCUT2D eigenvalue weighted by atomic mass is 32.2. The molecule has 3 rings (SSSR count). The highest BCUT2D eigenvalue weighted by molar-refractivity contribution is 8.14. The molecule has 228 valence electrons. The topological polar surface area (TPSA) is 35.5 Å². The molecular formula is C38H52O3S. The summed E-state index contributed by atoms with van der Waals surface area (Å²) in [4.78, 5) is 13.8. The fourth-order valence-corrected chi connectivity index (χ4v) is 5.79. The van der Waals surface area contributed by atoms with Gasteiger partial charge in [-0.1, -0.05) is 109 Å². The van der Waals surface area contributed by atoms with Gasteiger partial charge in [0.2, 0.25) is 5.12 Å². The minimum Gasteiger partial charge on any atom is -0.494 e. The van der Waals surface area contributed by atoms with E-state index in [2.05, 4.69) is 57.2 Å². The highest BCUT2D eigenvalue weighted by Crippen LogP contribution is 2.28. The number of hydrogen-bond donors (Lipinski definition) is 0. The molecule has 0 spiro atoms. The zero-order chi connectivity index (χ0) is 29.8. The summed E-state index contributed by atoms with van der Waals surface area (Å²) in [6, 6.07) is 24.0. The number of unbranched alkanes of at least 4 members (excludes halogenated alkanes) is 11. The van der Waals surface area contributed by atoms with Crippen LogP contribution in [0.1, 0.15) is 121 Å². The minimum absolute atomic E-state index is 0.0374. The molecule has 0 bridgehead atoms. The molecule has 3 aromatic rings. The molecule has 42 heavy (non-hydrogen) atoms. The van der Waals surface area contributed by atoms with Crippen LogP contribution in [-0.2, 0) is 0 Å². The SMILES string of the molecule is CCCCCCCCCCCOc1ccc(-c2ccc(SC(=O)c3ccc(O[C@@H](C)CCCCCC)cc3)cc2)cc1. The maximum atomic E-state index is 12.9. The lowest BCUT2D eigenvalue weighted by atomic mass is 10.1. The van der Waals surface area contributed by atoms with Crippen LogP contribution in [0.15, 0.2) is 77.7 Å². The average Bonchev–Trinajstić information content (AvgIpc) is 3.01. The molecule has 0 radical (unpaired) electrons. The van der Waals surface area contributed by atoms with Crippen molar-refractivity contribution in [2.75, 3.05) is 6.61 Å². The molecule has 0 fully saturated rings. The Morgan fingerprint density at radius 1 is 0.619 bits per heavy atom. The summed E-state index contributed by atoms with van der Waals surface area (Å²) >= 11 is 1.26. The number of hydrogen-bond acceptors (Lipinski definition) is 4. The van der Waals surface area contributed by atoms with Gasteiger partial charge in [0.1, 0.15) is 11.5 Å². The van der Waals surface area contributed by atoms with Crippen LogP contribution in [0.25, 0.3) is 11.1 Å². The van der Waals surface area contributed by atoms with E-state index in [9.17, 15) is 4.79 Å². The van der Waals surface area contributed by atoms with Crippen LogP contribution in [0.2, 0.25) is 0 Å². The van der Waals surface area contributed by atoms with E-state index < -0.39 is 0 Å². The second kappa shape index (κ2) is 20.2. The van der Waals surface area contributed by atoms with Gasteiger partial charge in [-0.05, 0) is 97.6 Å². The zero-order valence-corrected chi connectivity index (χ0v) is 27.1. The second-order valence-electron chi connectivity index (χ2n) is 11.4. The van der Waals surface area contributed by atoms with Crippen molar-refractivity contribution < 1.29 is 14.3 Å². The summed E-state index contributed by atoms with van der Waals surface area (Å²) < 4.78 is 12.0. The van der Waals surface area contributed by atoms with E-state index in [4.69, 9.17) is 9.47 Å². The van der Waals surface area contributed by atoms with Crippen LogP contribution in [0.5, 0.6) is 11.5 Å². The maximum absolute atomic E-state index is 12.9. The molecular weight excluding hydrogens is 536 g/mol. The first-order valence-electron chi connectivity index (χ1n) is 16.4. The predicted octanol–water partition coefficient (Wildman–Crippen LogP) is 11.9. The second-order valence-corrected chi connectivity index (χ2v) is 12.5. The molecule has 0 heterocycles. The standard InChI is InChI=1S/C38H52O3S/c1-4-6-8-10-11-12-13-14-16-30-40-35-24-18-32(19-25-35)33-22-28-37(29-23-33)42-38(39)34-20-26-36(27-21-34)41-31(3)17-15-9-7-5-2/h18-29,31H,4-17,30H2,1-3H3/t31-/m0/s1. The van der Waals surface area contributed by atoms with Gasteiger partial charge in [0.15, 0.2) is 0 Å². The van der Waals surface area contributed by atoms with Crippen LogP contribution >= 0.6 is 11.8 Å².